The monoisotopic (exact) mass is 184 g/mol. The number of ether oxygens (including phenoxy) is 1. The minimum atomic E-state index is -2.30. The molecule has 0 aliphatic heterocycles. The predicted molar refractivity (Wildman–Crippen MR) is 52.4 cm³/mol. The average Bonchev–Trinajstić information content (AvgIpc) is 2.30. The van der Waals surface area contributed by atoms with Gasteiger partial charge in [-0.05, 0) is 18.3 Å². The zero-order chi connectivity index (χ0) is 12.9. The summed E-state index contributed by atoms with van der Waals surface area (Å²) >= 11 is 0. The average molecular weight is 184 g/mol. The molecule has 1 N–H and O–H groups in total. The van der Waals surface area contributed by atoms with E-state index in [0.717, 1.165) is 5.56 Å². The first-order valence-electron chi connectivity index (χ1n) is 6.11. The number of hydrogen-bond donors (Lipinski definition) is 1. The van der Waals surface area contributed by atoms with Gasteiger partial charge in [-0.25, -0.2) is 0 Å². The number of hydrogen-bond acceptors (Lipinski definition) is 2. The van der Waals surface area contributed by atoms with Gasteiger partial charge in [-0.3, -0.25) is 0 Å². The molecule has 0 atom stereocenters. The molecule has 0 aliphatic rings. The van der Waals surface area contributed by atoms with Gasteiger partial charge >= 0.3 is 0 Å². The molecule has 1 rings (SSSR count). The van der Waals surface area contributed by atoms with Crippen LogP contribution in [0.2, 0.25) is 0 Å². The van der Waals surface area contributed by atoms with Crippen LogP contribution in [0.4, 0.5) is 0 Å². The summed E-state index contributed by atoms with van der Waals surface area (Å²) in [6.45, 7) is -1.04. The van der Waals surface area contributed by atoms with E-state index >= 15 is 0 Å². The molecule has 0 spiro atoms. The third-order valence-electron chi connectivity index (χ3n) is 1.49. The maximum atomic E-state index is 8.78. The fourth-order valence-corrected chi connectivity index (χ4v) is 0.901. The number of aliphatic hydroxyl groups excluding tert-OH is 1. The zero-order valence-electron chi connectivity index (χ0n) is 11.4. The van der Waals surface area contributed by atoms with Crippen LogP contribution in [0.5, 0.6) is 0 Å². The SMILES string of the molecule is [2H]C([2H])(CO)C([2H])([2H])COCc1ccccc1. The Morgan fingerprint density at radius 2 is 2.00 bits per heavy atom. The van der Waals surface area contributed by atoms with E-state index in [2.05, 4.69) is 0 Å². The molecule has 2 heteroatoms. The van der Waals surface area contributed by atoms with Crippen molar-refractivity contribution in [1.82, 2.24) is 0 Å². The lowest BCUT2D eigenvalue weighted by Gasteiger charge is -2.02. The highest BCUT2D eigenvalue weighted by molar-refractivity contribution is 5.13. The molecular weight excluding hydrogens is 164 g/mol. The lowest BCUT2D eigenvalue weighted by molar-refractivity contribution is 0.112. The molecule has 0 bridgehead atoms. The van der Waals surface area contributed by atoms with Crippen molar-refractivity contribution in [2.24, 2.45) is 0 Å². The maximum absolute atomic E-state index is 8.78. The van der Waals surface area contributed by atoms with Crippen LogP contribution in [-0.2, 0) is 11.3 Å². The topological polar surface area (TPSA) is 29.5 Å². The van der Waals surface area contributed by atoms with Crippen molar-refractivity contribution in [3.8, 4) is 0 Å². The second-order valence-electron chi connectivity index (χ2n) is 2.49. The van der Waals surface area contributed by atoms with Crippen molar-refractivity contribution < 1.29 is 15.3 Å². The number of rotatable bonds is 6. The summed E-state index contributed by atoms with van der Waals surface area (Å²) in [5.74, 6) is 0. The summed E-state index contributed by atoms with van der Waals surface area (Å²) in [5.41, 5.74) is 0.896. The van der Waals surface area contributed by atoms with E-state index in [-0.39, 0.29) is 6.61 Å². The molecule has 0 aromatic heterocycles. The molecule has 13 heavy (non-hydrogen) atoms. The summed E-state index contributed by atoms with van der Waals surface area (Å²) in [6, 6.07) is 9.25. The molecule has 0 unspecified atom stereocenters. The van der Waals surface area contributed by atoms with Crippen molar-refractivity contribution in [2.45, 2.75) is 19.4 Å². The first kappa shape index (κ1) is 5.78. The molecule has 2 nitrogen and oxygen atoms in total. The van der Waals surface area contributed by atoms with Crippen LogP contribution in [0, 0.1) is 0 Å². The fraction of sp³-hybridized carbons (Fsp3) is 0.455. The van der Waals surface area contributed by atoms with Crippen LogP contribution >= 0.6 is 0 Å². The second-order valence-corrected chi connectivity index (χ2v) is 2.49. The van der Waals surface area contributed by atoms with Crippen LogP contribution < -0.4 is 0 Å². The Morgan fingerprint density at radius 3 is 2.69 bits per heavy atom. The summed E-state index contributed by atoms with van der Waals surface area (Å²) in [4.78, 5) is 0. The molecule has 0 radical (unpaired) electrons. The van der Waals surface area contributed by atoms with E-state index in [1.807, 2.05) is 30.3 Å². The zero-order valence-corrected chi connectivity index (χ0v) is 7.36. The minimum Gasteiger partial charge on any atom is -0.396 e. The Hall–Kier alpha value is -0.860. The predicted octanol–water partition coefficient (Wildman–Crippen LogP) is 1.98. The van der Waals surface area contributed by atoms with E-state index < -0.39 is 26.0 Å². The maximum Gasteiger partial charge on any atom is 0.0716 e. The largest absolute Gasteiger partial charge is 0.396 e. The Morgan fingerprint density at radius 1 is 1.23 bits per heavy atom. The molecule has 0 saturated carbocycles. The van der Waals surface area contributed by atoms with Crippen LogP contribution in [0.3, 0.4) is 0 Å². The van der Waals surface area contributed by atoms with Crippen molar-refractivity contribution in [3.05, 3.63) is 35.9 Å². The Labute approximate surface area is 84.8 Å². The van der Waals surface area contributed by atoms with Crippen LogP contribution in [0.25, 0.3) is 0 Å². The van der Waals surface area contributed by atoms with Crippen molar-refractivity contribution in [1.29, 1.82) is 0 Å². The quantitative estimate of drug-likeness (QED) is 0.732. The Kier molecular flexibility index (Phi) is 2.95. The summed E-state index contributed by atoms with van der Waals surface area (Å²) in [7, 11) is 0. The molecule has 0 saturated heterocycles. The first-order chi connectivity index (χ1) is 7.89. The highest BCUT2D eigenvalue weighted by Crippen LogP contribution is 2.01. The van der Waals surface area contributed by atoms with Crippen molar-refractivity contribution in [2.75, 3.05) is 13.2 Å². The molecule has 0 aliphatic carbocycles. The smallest absolute Gasteiger partial charge is 0.0716 e. The lowest BCUT2D eigenvalue weighted by Crippen LogP contribution is -1.96. The van der Waals surface area contributed by atoms with E-state index in [1.165, 1.54) is 0 Å². The third-order valence-corrected chi connectivity index (χ3v) is 1.49. The van der Waals surface area contributed by atoms with Crippen molar-refractivity contribution in [3.63, 3.8) is 0 Å². The van der Waals surface area contributed by atoms with Gasteiger partial charge in [-0.1, -0.05) is 30.3 Å². The lowest BCUT2D eigenvalue weighted by atomic mass is 10.2. The summed E-state index contributed by atoms with van der Waals surface area (Å²) < 4.78 is 34.8. The molecule has 0 fully saturated rings. The van der Waals surface area contributed by atoms with E-state index in [9.17, 15) is 0 Å². The van der Waals surface area contributed by atoms with Gasteiger partial charge < -0.3 is 9.84 Å². The van der Waals surface area contributed by atoms with Crippen LogP contribution in [0.15, 0.2) is 30.3 Å². The normalized spacial score (nSPS) is 17.0. The highest BCUT2D eigenvalue weighted by Gasteiger charge is 1.91. The summed E-state index contributed by atoms with van der Waals surface area (Å²) in [6.07, 6.45) is -4.51. The summed E-state index contributed by atoms with van der Waals surface area (Å²) in [5, 5.41) is 8.78. The molecular formula is C11H16O2. The third kappa shape index (κ3) is 4.65. The molecule has 0 heterocycles. The van der Waals surface area contributed by atoms with Gasteiger partial charge in [-0.2, -0.15) is 0 Å². The van der Waals surface area contributed by atoms with Gasteiger partial charge in [-0.15, -0.1) is 0 Å². The minimum absolute atomic E-state index is 0.224. The van der Waals surface area contributed by atoms with Gasteiger partial charge in [0.2, 0.25) is 0 Å². The second kappa shape index (κ2) is 6.63. The Bertz CT molecular complexity index is 341. The fourth-order valence-electron chi connectivity index (χ4n) is 0.901. The van der Waals surface area contributed by atoms with Gasteiger partial charge in [0.15, 0.2) is 0 Å². The van der Waals surface area contributed by atoms with Gasteiger partial charge in [0.1, 0.15) is 0 Å². The van der Waals surface area contributed by atoms with Gasteiger partial charge in [0.05, 0.1) is 6.61 Å². The van der Waals surface area contributed by atoms with Gasteiger partial charge in [0.25, 0.3) is 0 Å². The standard InChI is InChI=1S/C11H16O2/c12-8-4-5-9-13-10-11-6-2-1-3-7-11/h1-3,6-7,12H,4-5,8-10H2/i4D2,5D2. The van der Waals surface area contributed by atoms with Crippen LogP contribution in [0.1, 0.15) is 23.8 Å². The van der Waals surface area contributed by atoms with Crippen molar-refractivity contribution >= 4 is 0 Å². The first-order valence-corrected chi connectivity index (χ1v) is 4.11. The molecule has 1 aromatic rings. The Balaban J connectivity index is 2.46. The molecule has 72 valence electrons. The van der Waals surface area contributed by atoms with Crippen LogP contribution in [-0.4, -0.2) is 18.3 Å². The van der Waals surface area contributed by atoms with Gasteiger partial charge in [0, 0.05) is 18.7 Å². The highest BCUT2D eigenvalue weighted by atomic mass is 16.5. The van der Waals surface area contributed by atoms with E-state index in [1.54, 1.807) is 0 Å². The number of aliphatic hydroxyl groups is 1. The molecule has 1 aromatic carbocycles. The van der Waals surface area contributed by atoms with E-state index in [0.29, 0.717) is 0 Å². The molecule has 0 amide bonds. The van der Waals surface area contributed by atoms with E-state index in [4.69, 9.17) is 15.3 Å². The number of benzene rings is 1.